The molecule has 3 heterocycles. The number of rotatable bonds is 4. The second-order valence-electron chi connectivity index (χ2n) is 8.58. The van der Waals surface area contributed by atoms with Crippen molar-refractivity contribution in [3.05, 3.63) is 70.3 Å². The summed E-state index contributed by atoms with van der Waals surface area (Å²) in [5.74, 6) is 0.670. The third kappa shape index (κ3) is 4.22. The highest BCUT2D eigenvalue weighted by Gasteiger charge is 2.21. The number of fused-ring (bicyclic) bond motifs is 2. The monoisotopic (exact) mass is 429 g/mol. The van der Waals surface area contributed by atoms with E-state index in [9.17, 15) is 9.59 Å². The molecule has 1 saturated heterocycles. The zero-order valence-electron chi connectivity index (χ0n) is 18.3. The van der Waals surface area contributed by atoms with Crippen molar-refractivity contribution in [3.8, 4) is 0 Å². The van der Waals surface area contributed by atoms with Crippen LogP contribution in [0.2, 0.25) is 0 Å². The van der Waals surface area contributed by atoms with Gasteiger partial charge in [0.15, 0.2) is 0 Å². The van der Waals surface area contributed by atoms with Crippen LogP contribution in [0.25, 0.3) is 22.6 Å². The van der Waals surface area contributed by atoms with Crippen LogP contribution >= 0.6 is 0 Å². The van der Waals surface area contributed by atoms with E-state index in [1.54, 1.807) is 22.8 Å². The van der Waals surface area contributed by atoms with Gasteiger partial charge in [0, 0.05) is 38.4 Å². The zero-order chi connectivity index (χ0) is 22.1. The Morgan fingerprint density at radius 3 is 2.62 bits per heavy atom. The molecule has 0 saturated carbocycles. The van der Waals surface area contributed by atoms with E-state index in [0.29, 0.717) is 35.5 Å². The summed E-state index contributed by atoms with van der Waals surface area (Å²) in [7, 11) is 2.10. The third-order valence-electron chi connectivity index (χ3n) is 6.23. The lowest BCUT2D eigenvalue weighted by molar-refractivity contribution is -0.117. The minimum Gasteiger partial charge on any atom is -0.325 e. The van der Waals surface area contributed by atoms with Crippen LogP contribution in [0, 0.1) is 0 Å². The number of likely N-dealkylation sites (N-methyl/N-ethyl adjacent to an activating group) is 1. The molecular weight excluding hydrogens is 402 g/mol. The minimum absolute atomic E-state index is 0.0308. The van der Waals surface area contributed by atoms with Crippen molar-refractivity contribution in [2.75, 3.05) is 45.1 Å². The molecule has 3 aromatic rings. The Kier molecular flexibility index (Phi) is 5.59. The molecule has 1 amide bonds. The zero-order valence-corrected chi connectivity index (χ0v) is 18.3. The summed E-state index contributed by atoms with van der Waals surface area (Å²) >= 11 is 0. The van der Waals surface area contributed by atoms with Crippen LogP contribution in [0.3, 0.4) is 0 Å². The van der Waals surface area contributed by atoms with Gasteiger partial charge < -0.3 is 10.2 Å². The van der Waals surface area contributed by atoms with Crippen molar-refractivity contribution in [2.45, 2.75) is 13.0 Å². The van der Waals surface area contributed by atoms with Crippen molar-refractivity contribution in [1.29, 1.82) is 0 Å². The van der Waals surface area contributed by atoms with E-state index in [0.717, 1.165) is 43.7 Å². The van der Waals surface area contributed by atoms with E-state index in [1.165, 1.54) is 0 Å². The number of hydrogen-bond donors (Lipinski definition) is 1. The molecule has 2 aromatic carbocycles. The number of nitrogens with one attached hydrogen (secondary N) is 1. The topological polar surface area (TPSA) is 70.5 Å². The number of aromatic nitrogens is 2. The fourth-order valence-corrected chi connectivity index (χ4v) is 4.39. The first-order valence-electron chi connectivity index (χ1n) is 11.1. The van der Waals surface area contributed by atoms with Crippen molar-refractivity contribution < 1.29 is 4.79 Å². The molecule has 0 aliphatic carbocycles. The Morgan fingerprint density at radius 1 is 1.06 bits per heavy atom. The molecular formula is C25H27N5O2. The highest BCUT2D eigenvalue weighted by atomic mass is 16.2. The second kappa shape index (κ2) is 8.68. The van der Waals surface area contributed by atoms with Crippen molar-refractivity contribution in [2.24, 2.45) is 0 Å². The smallest absolute Gasteiger partial charge is 0.261 e. The highest BCUT2D eigenvalue weighted by molar-refractivity contribution is 5.95. The van der Waals surface area contributed by atoms with Crippen LogP contribution < -0.4 is 10.9 Å². The third-order valence-corrected chi connectivity index (χ3v) is 6.23. The molecule has 164 valence electrons. The van der Waals surface area contributed by atoms with Crippen LogP contribution in [0.1, 0.15) is 17.8 Å². The number of hydrogen-bond acceptors (Lipinski definition) is 5. The summed E-state index contributed by atoms with van der Waals surface area (Å²) in [6.07, 6.45) is 2.88. The van der Waals surface area contributed by atoms with Crippen LogP contribution in [-0.4, -0.2) is 65.0 Å². The van der Waals surface area contributed by atoms with E-state index >= 15 is 0 Å². The van der Waals surface area contributed by atoms with E-state index in [-0.39, 0.29) is 11.5 Å². The number of anilines is 1. The maximum Gasteiger partial charge on any atom is 0.261 e. The Labute approximate surface area is 187 Å². The average molecular weight is 430 g/mol. The summed E-state index contributed by atoms with van der Waals surface area (Å²) in [4.78, 5) is 34.8. The molecule has 32 heavy (non-hydrogen) atoms. The fourth-order valence-electron chi connectivity index (χ4n) is 4.39. The molecule has 1 fully saturated rings. The minimum atomic E-state index is -0.0450. The highest BCUT2D eigenvalue weighted by Crippen LogP contribution is 2.28. The van der Waals surface area contributed by atoms with Gasteiger partial charge in [0.05, 0.1) is 17.4 Å². The van der Waals surface area contributed by atoms with Crippen LogP contribution in [-0.2, 0) is 11.3 Å². The van der Waals surface area contributed by atoms with Gasteiger partial charge in [-0.3, -0.25) is 19.1 Å². The molecule has 2 aliphatic heterocycles. The van der Waals surface area contributed by atoms with Crippen molar-refractivity contribution in [3.63, 3.8) is 0 Å². The maximum atomic E-state index is 13.0. The molecule has 0 spiro atoms. The first-order valence-corrected chi connectivity index (χ1v) is 11.1. The summed E-state index contributed by atoms with van der Waals surface area (Å²) in [5, 5.41) is 3.55. The van der Waals surface area contributed by atoms with Crippen molar-refractivity contribution in [1.82, 2.24) is 19.4 Å². The van der Waals surface area contributed by atoms with Gasteiger partial charge in [-0.05, 0) is 48.9 Å². The molecule has 5 rings (SSSR count). The molecule has 0 atom stereocenters. The van der Waals surface area contributed by atoms with Crippen LogP contribution in [0.5, 0.6) is 0 Å². The predicted octanol–water partition coefficient (Wildman–Crippen LogP) is 2.53. The summed E-state index contributed by atoms with van der Waals surface area (Å²) in [6.45, 7) is 4.74. The van der Waals surface area contributed by atoms with Gasteiger partial charge in [0.1, 0.15) is 5.82 Å². The number of benzene rings is 2. The molecule has 2 aliphatic rings. The van der Waals surface area contributed by atoms with E-state index in [4.69, 9.17) is 4.98 Å². The molecule has 0 unspecified atom stereocenters. The second-order valence-corrected chi connectivity index (χ2v) is 8.58. The maximum absolute atomic E-state index is 13.0. The summed E-state index contributed by atoms with van der Waals surface area (Å²) < 4.78 is 1.75. The molecule has 7 nitrogen and oxygen atoms in total. The predicted molar refractivity (Wildman–Crippen MR) is 127 cm³/mol. The first-order chi connectivity index (χ1) is 15.6. The lowest BCUT2D eigenvalue weighted by atomic mass is 10.1. The van der Waals surface area contributed by atoms with Gasteiger partial charge in [0.25, 0.3) is 5.56 Å². The van der Waals surface area contributed by atoms with Gasteiger partial charge in [-0.25, -0.2) is 4.98 Å². The van der Waals surface area contributed by atoms with E-state index in [1.807, 2.05) is 30.3 Å². The van der Waals surface area contributed by atoms with Gasteiger partial charge >= 0.3 is 0 Å². The lowest BCUT2D eigenvalue weighted by Gasteiger charge is -2.31. The normalized spacial score (nSPS) is 18.2. The number of allylic oxidation sites excluding steroid dienone is 1. The first kappa shape index (κ1) is 20.6. The van der Waals surface area contributed by atoms with Crippen LogP contribution in [0.15, 0.2) is 53.3 Å². The lowest BCUT2D eigenvalue weighted by Crippen LogP contribution is -2.47. The van der Waals surface area contributed by atoms with Crippen LogP contribution in [0.4, 0.5) is 5.69 Å². The largest absolute Gasteiger partial charge is 0.325 e. The van der Waals surface area contributed by atoms with Gasteiger partial charge in [0.2, 0.25) is 5.91 Å². The molecule has 0 bridgehead atoms. The standard InChI is InChI=1S/C25H27N5O2/c1-28-11-13-29(14-12-28)17-23(31)26-20-7-8-21-22(16-20)27-24-19(9-10-30(24)25(21)32)15-18-5-3-2-4-6-18/h2-8,15-16H,9-14,17H2,1H3,(H,26,31). The number of amides is 1. The number of carbonyl (C=O) groups is 1. The number of piperazine rings is 1. The van der Waals surface area contributed by atoms with Gasteiger partial charge in [-0.2, -0.15) is 0 Å². The molecule has 7 heteroatoms. The van der Waals surface area contributed by atoms with Gasteiger partial charge in [-0.15, -0.1) is 0 Å². The molecule has 1 aromatic heterocycles. The Bertz CT molecular complexity index is 1240. The average Bonchev–Trinajstić information content (AvgIpc) is 3.19. The van der Waals surface area contributed by atoms with E-state index < -0.39 is 0 Å². The Balaban J connectivity index is 1.39. The van der Waals surface area contributed by atoms with Crippen molar-refractivity contribution >= 4 is 34.1 Å². The Morgan fingerprint density at radius 2 is 1.84 bits per heavy atom. The van der Waals surface area contributed by atoms with Gasteiger partial charge in [-0.1, -0.05) is 30.3 Å². The summed E-state index contributed by atoms with van der Waals surface area (Å²) in [5.41, 5.74) is 3.39. The fraction of sp³-hybridized carbons (Fsp3) is 0.320. The SMILES string of the molecule is CN1CCN(CC(=O)Nc2ccc3c(=O)n4c(nc3c2)C(=Cc2ccccc2)CC4)CC1. The number of nitrogens with zero attached hydrogens (tertiary/aromatic N) is 4. The summed E-state index contributed by atoms with van der Waals surface area (Å²) in [6, 6.07) is 15.4. The molecule has 0 radical (unpaired) electrons. The van der Waals surface area contributed by atoms with E-state index in [2.05, 4.69) is 28.2 Å². The number of carbonyl (C=O) groups excluding carboxylic acids is 1. The Hall–Kier alpha value is -3.29. The quantitative estimate of drug-likeness (QED) is 0.690. The molecule has 1 N–H and O–H groups in total.